The van der Waals surface area contributed by atoms with Gasteiger partial charge in [-0.1, -0.05) is 42.5 Å². The Bertz CT molecular complexity index is 825. The highest BCUT2D eigenvalue weighted by molar-refractivity contribution is 5.80. The van der Waals surface area contributed by atoms with Crippen molar-refractivity contribution < 1.29 is 4.79 Å². The van der Waals surface area contributed by atoms with E-state index in [-0.39, 0.29) is 11.8 Å². The van der Waals surface area contributed by atoms with Crippen molar-refractivity contribution in [3.63, 3.8) is 0 Å². The van der Waals surface area contributed by atoms with Crippen molar-refractivity contribution in [3.8, 4) is 0 Å². The Balaban J connectivity index is 1.41. The molecule has 1 aliphatic heterocycles. The number of nitrogens with one attached hydrogen (secondary N) is 2. The highest BCUT2D eigenvalue weighted by Crippen LogP contribution is 2.23. The quantitative estimate of drug-likeness (QED) is 0.771. The Morgan fingerprint density at radius 3 is 2.80 bits per heavy atom. The zero-order chi connectivity index (χ0) is 17.1. The molecular formula is C20H22N4O. The number of carbonyl (C=O) groups is 1. The van der Waals surface area contributed by atoms with E-state index < -0.39 is 0 Å². The number of aromatic amines is 1. The Hall–Kier alpha value is -2.82. The molecule has 0 aliphatic carbocycles. The smallest absolute Gasteiger partial charge is 0.225 e. The molecule has 2 N–H and O–H groups in total. The first kappa shape index (κ1) is 15.7. The number of imidazole rings is 1. The molecule has 5 heteroatoms. The van der Waals surface area contributed by atoms with Gasteiger partial charge in [0.2, 0.25) is 11.9 Å². The van der Waals surface area contributed by atoms with Gasteiger partial charge in [0, 0.05) is 19.6 Å². The fraction of sp³-hybridized carbons (Fsp3) is 0.300. The number of H-pyrrole nitrogens is 1. The molecule has 0 radical (unpaired) electrons. The summed E-state index contributed by atoms with van der Waals surface area (Å²) >= 11 is 0. The molecular weight excluding hydrogens is 312 g/mol. The van der Waals surface area contributed by atoms with Crippen molar-refractivity contribution in [3.05, 3.63) is 60.2 Å². The number of hydrogen-bond acceptors (Lipinski definition) is 3. The van der Waals surface area contributed by atoms with E-state index in [1.54, 1.807) is 0 Å². The number of aromatic nitrogens is 2. The van der Waals surface area contributed by atoms with Gasteiger partial charge in [-0.25, -0.2) is 4.98 Å². The third kappa shape index (κ3) is 3.50. The number of nitrogens with zero attached hydrogens (tertiary/aromatic N) is 2. The van der Waals surface area contributed by atoms with Crippen LogP contribution in [-0.2, 0) is 11.3 Å². The van der Waals surface area contributed by atoms with Gasteiger partial charge in [-0.15, -0.1) is 0 Å². The molecule has 5 nitrogen and oxygen atoms in total. The van der Waals surface area contributed by atoms with Crippen LogP contribution in [0.15, 0.2) is 54.6 Å². The fourth-order valence-electron chi connectivity index (χ4n) is 3.40. The fourth-order valence-corrected chi connectivity index (χ4v) is 3.40. The SMILES string of the molecule is O=C(NCc1ccccc1)[C@@H]1CCCN(c2nc3ccccc3[nH]2)C1. The maximum Gasteiger partial charge on any atom is 0.225 e. The van der Waals surface area contributed by atoms with Crippen LogP contribution in [0, 0.1) is 5.92 Å². The molecule has 4 rings (SSSR count). The third-order valence-electron chi connectivity index (χ3n) is 4.78. The summed E-state index contributed by atoms with van der Waals surface area (Å²) in [6.45, 7) is 2.23. The first-order valence-electron chi connectivity index (χ1n) is 8.81. The molecule has 1 aromatic heterocycles. The lowest BCUT2D eigenvalue weighted by Gasteiger charge is -2.31. The van der Waals surface area contributed by atoms with Crippen molar-refractivity contribution in [2.45, 2.75) is 19.4 Å². The van der Waals surface area contributed by atoms with E-state index in [2.05, 4.69) is 20.2 Å². The molecule has 128 valence electrons. The lowest BCUT2D eigenvalue weighted by atomic mass is 9.97. The molecule has 1 saturated heterocycles. The van der Waals surface area contributed by atoms with Crippen LogP contribution < -0.4 is 10.2 Å². The zero-order valence-corrected chi connectivity index (χ0v) is 14.1. The number of rotatable bonds is 4. The summed E-state index contributed by atoms with van der Waals surface area (Å²) in [6.07, 6.45) is 1.93. The Labute approximate surface area is 147 Å². The number of hydrogen-bond donors (Lipinski definition) is 2. The molecule has 3 aromatic rings. The van der Waals surface area contributed by atoms with Crippen LogP contribution in [-0.4, -0.2) is 29.0 Å². The molecule has 1 atom stereocenters. The first-order valence-corrected chi connectivity index (χ1v) is 8.81. The lowest BCUT2D eigenvalue weighted by Crippen LogP contribution is -2.43. The summed E-state index contributed by atoms with van der Waals surface area (Å²) < 4.78 is 0. The minimum Gasteiger partial charge on any atom is -0.352 e. The van der Waals surface area contributed by atoms with Crippen LogP contribution in [0.2, 0.25) is 0 Å². The van der Waals surface area contributed by atoms with Gasteiger partial charge >= 0.3 is 0 Å². The average molecular weight is 334 g/mol. The van der Waals surface area contributed by atoms with Gasteiger partial charge in [-0.3, -0.25) is 4.79 Å². The molecule has 25 heavy (non-hydrogen) atoms. The predicted octanol–water partition coefficient (Wildman–Crippen LogP) is 3.10. The number of para-hydroxylation sites is 2. The van der Waals surface area contributed by atoms with E-state index in [1.807, 2.05) is 54.6 Å². The minimum absolute atomic E-state index is 0.00525. The summed E-state index contributed by atoms with van der Waals surface area (Å²) in [7, 11) is 0. The number of fused-ring (bicyclic) bond motifs is 1. The van der Waals surface area contributed by atoms with Crippen molar-refractivity contribution in [1.82, 2.24) is 15.3 Å². The topological polar surface area (TPSA) is 61.0 Å². The summed E-state index contributed by atoms with van der Waals surface area (Å²) in [5.74, 6) is 0.997. The van der Waals surface area contributed by atoms with E-state index in [4.69, 9.17) is 0 Å². The summed E-state index contributed by atoms with van der Waals surface area (Å²) in [6, 6.07) is 18.0. The molecule has 1 fully saturated rings. The van der Waals surface area contributed by atoms with E-state index in [1.165, 1.54) is 0 Å². The molecule has 2 aromatic carbocycles. The number of piperidine rings is 1. The second-order valence-corrected chi connectivity index (χ2v) is 6.57. The van der Waals surface area contributed by atoms with E-state index >= 15 is 0 Å². The Kier molecular flexibility index (Phi) is 4.37. The number of benzene rings is 2. The molecule has 1 aliphatic rings. The molecule has 0 saturated carbocycles. The van der Waals surface area contributed by atoms with Crippen molar-refractivity contribution in [1.29, 1.82) is 0 Å². The standard InChI is InChI=1S/C20H22N4O/c25-19(21-13-15-7-2-1-3-8-15)16-9-6-12-24(14-16)20-22-17-10-4-5-11-18(17)23-20/h1-5,7-8,10-11,16H,6,9,12-14H2,(H,21,25)(H,22,23)/t16-/m1/s1. The highest BCUT2D eigenvalue weighted by atomic mass is 16.1. The predicted molar refractivity (Wildman–Crippen MR) is 99.3 cm³/mol. The maximum absolute atomic E-state index is 12.6. The molecule has 1 amide bonds. The van der Waals surface area contributed by atoms with Gasteiger partial charge in [-0.2, -0.15) is 0 Å². The van der Waals surface area contributed by atoms with Crippen LogP contribution in [0.1, 0.15) is 18.4 Å². The Morgan fingerprint density at radius 1 is 1.16 bits per heavy atom. The second kappa shape index (κ2) is 6.97. The van der Waals surface area contributed by atoms with Gasteiger partial charge in [0.05, 0.1) is 17.0 Å². The Morgan fingerprint density at radius 2 is 1.96 bits per heavy atom. The van der Waals surface area contributed by atoms with Crippen LogP contribution in [0.25, 0.3) is 11.0 Å². The van der Waals surface area contributed by atoms with Gasteiger partial charge < -0.3 is 15.2 Å². The van der Waals surface area contributed by atoms with E-state index in [0.717, 1.165) is 41.9 Å². The maximum atomic E-state index is 12.6. The normalized spacial score (nSPS) is 17.6. The van der Waals surface area contributed by atoms with Crippen molar-refractivity contribution in [2.24, 2.45) is 5.92 Å². The van der Waals surface area contributed by atoms with E-state index in [9.17, 15) is 4.79 Å². The third-order valence-corrected chi connectivity index (χ3v) is 4.78. The lowest BCUT2D eigenvalue weighted by molar-refractivity contribution is -0.125. The van der Waals surface area contributed by atoms with Gasteiger partial charge in [0.1, 0.15) is 0 Å². The molecule has 0 bridgehead atoms. The molecule has 2 heterocycles. The van der Waals surface area contributed by atoms with Crippen LogP contribution >= 0.6 is 0 Å². The van der Waals surface area contributed by atoms with E-state index in [0.29, 0.717) is 13.1 Å². The van der Waals surface area contributed by atoms with Crippen LogP contribution in [0.3, 0.4) is 0 Å². The molecule has 0 unspecified atom stereocenters. The number of amides is 1. The molecule has 0 spiro atoms. The number of carbonyl (C=O) groups excluding carboxylic acids is 1. The van der Waals surface area contributed by atoms with Crippen molar-refractivity contribution in [2.75, 3.05) is 18.0 Å². The van der Waals surface area contributed by atoms with Crippen LogP contribution in [0.4, 0.5) is 5.95 Å². The van der Waals surface area contributed by atoms with Gasteiger partial charge in [0.15, 0.2) is 0 Å². The monoisotopic (exact) mass is 334 g/mol. The summed E-state index contributed by atoms with van der Waals surface area (Å²) in [4.78, 5) is 22.8. The zero-order valence-electron chi connectivity index (χ0n) is 14.1. The van der Waals surface area contributed by atoms with Crippen LogP contribution in [0.5, 0.6) is 0 Å². The van der Waals surface area contributed by atoms with Crippen molar-refractivity contribution >= 4 is 22.9 Å². The van der Waals surface area contributed by atoms with Gasteiger partial charge in [0.25, 0.3) is 0 Å². The largest absolute Gasteiger partial charge is 0.352 e. The number of anilines is 1. The average Bonchev–Trinajstić information content (AvgIpc) is 3.11. The summed E-state index contributed by atoms with van der Waals surface area (Å²) in [5.41, 5.74) is 3.13. The highest BCUT2D eigenvalue weighted by Gasteiger charge is 2.27. The second-order valence-electron chi connectivity index (χ2n) is 6.57. The summed E-state index contributed by atoms with van der Waals surface area (Å²) in [5, 5.41) is 3.07. The van der Waals surface area contributed by atoms with Gasteiger partial charge in [-0.05, 0) is 30.5 Å². The minimum atomic E-state index is 0.00525. The first-order chi connectivity index (χ1) is 12.3.